The van der Waals surface area contributed by atoms with Crippen LogP contribution >= 0.6 is 0 Å². The number of amides is 1. The van der Waals surface area contributed by atoms with Gasteiger partial charge in [-0.25, -0.2) is 4.99 Å². The maximum absolute atomic E-state index is 12.3. The molecule has 6 heteroatoms. The van der Waals surface area contributed by atoms with E-state index >= 15 is 0 Å². The Hall–Kier alpha value is -2.50. The number of likely N-dealkylation sites (N-methyl/N-ethyl adjacent to an activating group) is 1. The van der Waals surface area contributed by atoms with E-state index in [4.69, 9.17) is 4.74 Å². The lowest BCUT2D eigenvalue weighted by Crippen LogP contribution is -2.29. The van der Waals surface area contributed by atoms with Gasteiger partial charge in [0, 0.05) is 27.2 Å². The molecule has 0 atom stereocenters. The molecule has 1 amide bonds. The largest absolute Gasteiger partial charge is 0.506 e. The maximum Gasteiger partial charge on any atom is 0.300 e. The van der Waals surface area contributed by atoms with E-state index in [-0.39, 0.29) is 17.4 Å². The van der Waals surface area contributed by atoms with Crippen LogP contribution in [0.2, 0.25) is 0 Å². The van der Waals surface area contributed by atoms with Crippen LogP contribution in [0.25, 0.3) is 6.08 Å². The SMILES string of the molecule is CCN=C1O/C(=C/c2ccc(N(C)C)c(O)c2)C(=O)N1CC. The summed E-state index contributed by atoms with van der Waals surface area (Å²) in [6.07, 6.45) is 1.61. The van der Waals surface area contributed by atoms with Crippen molar-refractivity contribution in [3.05, 3.63) is 29.5 Å². The van der Waals surface area contributed by atoms with Gasteiger partial charge in [0.25, 0.3) is 11.9 Å². The maximum atomic E-state index is 12.3. The number of ether oxygens (including phenoxy) is 1. The number of hydrogen-bond donors (Lipinski definition) is 1. The number of nitrogens with zero attached hydrogens (tertiary/aromatic N) is 3. The first-order valence-electron chi connectivity index (χ1n) is 7.24. The summed E-state index contributed by atoms with van der Waals surface area (Å²) >= 11 is 0. The quantitative estimate of drug-likeness (QED) is 0.865. The van der Waals surface area contributed by atoms with Gasteiger partial charge >= 0.3 is 0 Å². The number of hydrogen-bond acceptors (Lipinski definition) is 5. The topological polar surface area (TPSA) is 65.4 Å². The molecular formula is C16H21N3O3. The minimum absolute atomic E-state index is 0.152. The van der Waals surface area contributed by atoms with Crippen LogP contribution in [0.4, 0.5) is 5.69 Å². The van der Waals surface area contributed by atoms with Crippen LogP contribution in [0.15, 0.2) is 29.0 Å². The Morgan fingerprint density at radius 1 is 1.36 bits per heavy atom. The van der Waals surface area contributed by atoms with Crippen molar-refractivity contribution in [2.45, 2.75) is 13.8 Å². The molecule has 0 unspecified atom stereocenters. The third kappa shape index (κ3) is 3.05. The van der Waals surface area contributed by atoms with E-state index < -0.39 is 0 Å². The van der Waals surface area contributed by atoms with Gasteiger partial charge in [0.1, 0.15) is 5.75 Å². The normalized spacial score (nSPS) is 18.2. The zero-order valence-corrected chi connectivity index (χ0v) is 13.3. The van der Waals surface area contributed by atoms with Gasteiger partial charge in [-0.2, -0.15) is 0 Å². The highest BCUT2D eigenvalue weighted by Crippen LogP contribution is 2.28. The van der Waals surface area contributed by atoms with Crippen molar-refractivity contribution in [3.8, 4) is 5.75 Å². The van der Waals surface area contributed by atoms with Gasteiger partial charge in [-0.05, 0) is 37.6 Å². The van der Waals surface area contributed by atoms with Crippen molar-refractivity contribution in [3.63, 3.8) is 0 Å². The molecule has 0 saturated carbocycles. The molecular weight excluding hydrogens is 282 g/mol. The van der Waals surface area contributed by atoms with E-state index in [2.05, 4.69) is 4.99 Å². The molecule has 6 nitrogen and oxygen atoms in total. The first-order valence-corrected chi connectivity index (χ1v) is 7.24. The Morgan fingerprint density at radius 3 is 2.64 bits per heavy atom. The minimum Gasteiger partial charge on any atom is -0.506 e. The molecule has 2 rings (SSSR count). The van der Waals surface area contributed by atoms with E-state index in [1.165, 1.54) is 4.90 Å². The Bertz CT molecular complexity index is 636. The number of phenolic OH excluding ortho intramolecular Hbond substituents is 1. The molecule has 22 heavy (non-hydrogen) atoms. The first kappa shape index (κ1) is 15.9. The Balaban J connectivity index is 2.32. The number of anilines is 1. The lowest BCUT2D eigenvalue weighted by Gasteiger charge is -2.14. The molecule has 1 aliphatic heterocycles. The van der Waals surface area contributed by atoms with E-state index in [1.54, 1.807) is 18.2 Å². The van der Waals surface area contributed by atoms with E-state index in [0.29, 0.717) is 30.4 Å². The van der Waals surface area contributed by atoms with Gasteiger partial charge in [-0.1, -0.05) is 6.07 Å². The number of benzene rings is 1. The summed E-state index contributed by atoms with van der Waals surface area (Å²) in [6.45, 7) is 4.80. The van der Waals surface area contributed by atoms with Crippen LogP contribution < -0.4 is 4.90 Å². The van der Waals surface area contributed by atoms with Crippen LogP contribution in [-0.4, -0.2) is 49.1 Å². The molecule has 1 saturated heterocycles. The summed E-state index contributed by atoms with van der Waals surface area (Å²) in [5.74, 6) is 0.150. The third-order valence-corrected chi connectivity index (χ3v) is 3.28. The van der Waals surface area contributed by atoms with Crippen molar-refractivity contribution < 1.29 is 14.6 Å². The Kier molecular flexibility index (Phi) is 4.70. The van der Waals surface area contributed by atoms with E-state index in [0.717, 1.165) is 0 Å². The third-order valence-electron chi connectivity index (χ3n) is 3.28. The fourth-order valence-corrected chi connectivity index (χ4v) is 2.20. The molecule has 0 bridgehead atoms. The summed E-state index contributed by atoms with van der Waals surface area (Å²) < 4.78 is 5.53. The molecule has 0 aromatic heterocycles. The summed E-state index contributed by atoms with van der Waals surface area (Å²) in [7, 11) is 3.70. The number of aromatic hydroxyl groups is 1. The number of aliphatic imine (C=N–C) groups is 1. The van der Waals surface area contributed by atoms with Gasteiger partial charge in [0.15, 0.2) is 5.76 Å². The first-order chi connectivity index (χ1) is 10.5. The highest BCUT2D eigenvalue weighted by Gasteiger charge is 2.33. The highest BCUT2D eigenvalue weighted by atomic mass is 16.5. The molecule has 1 aromatic carbocycles. The molecule has 118 valence electrons. The number of rotatable bonds is 4. The van der Waals surface area contributed by atoms with Crippen molar-refractivity contribution in [2.75, 3.05) is 32.1 Å². The van der Waals surface area contributed by atoms with E-state index in [1.807, 2.05) is 38.9 Å². The second-order valence-electron chi connectivity index (χ2n) is 5.06. The smallest absolute Gasteiger partial charge is 0.300 e. The van der Waals surface area contributed by atoms with Crippen molar-refractivity contribution in [1.29, 1.82) is 0 Å². The highest BCUT2D eigenvalue weighted by molar-refractivity contribution is 6.11. The Labute approximate surface area is 130 Å². The van der Waals surface area contributed by atoms with Crippen molar-refractivity contribution >= 4 is 23.7 Å². The van der Waals surface area contributed by atoms with E-state index in [9.17, 15) is 9.90 Å². The zero-order chi connectivity index (χ0) is 16.3. The van der Waals surface area contributed by atoms with Gasteiger partial charge in [-0.15, -0.1) is 0 Å². The fraction of sp³-hybridized carbons (Fsp3) is 0.375. The lowest BCUT2D eigenvalue weighted by molar-refractivity contribution is -0.122. The predicted molar refractivity (Wildman–Crippen MR) is 86.9 cm³/mol. The summed E-state index contributed by atoms with van der Waals surface area (Å²) in [5, 5.41) is 10.0. The number of carbonyl (C=O) groups excluding carboxylic acids is 1. The summed E-state index contributed by atoms with van der Waals surface area (Å²) in [4.78, 5) is 19.7. The number of phenols is 1. The second kappa shape index (κ2) is 6.51. The monoisotopic (exact) mass is 303 g/mol. The summed E-state index contributed by atoms with van der Waals surface area (Å²) in [6, 6.07) is 5.55. The molecule has 1 N–H and O–H groups in total. The predicted octanol–water partition coefficient (Wildman–Crippen LogP) is 2.05. The van der Waals surface area contributed by atoms with Gasteiger partial charge in [0.05, 0.1) is 5.69 Å². The van der Waals surface area contributed by atoms with Gasteiger partial charge in [-0.3, -0.25) is 9.69 Å². The zero-order valence-electron chi connectivity index (χ0n) is 13.3. The van der Waals surface area contributed by atoms with Crippen LogP contribution in [0.3, 0.4) is 0 Å². The van der Waals surface area contributed by atoms with Gasteiger partial charge < -0.3 is 14.7 Å². The molecule has 1 heterocycles. The number of amidine groups is 1. The minimum atomic E-state index is -0.217. The summed E-state index contributed by atoms with van der Waals surface area (Å²) in [5.41, 5.74) is 1.41. The van der Waals surface area contributed by atoms with Crippen molar-refractivity contribution in [1.82, 2.24) is 4.90 Å². The molecule has 0 radical (unpaired) electrons. The molecule has 1 aromatic rings. The number of carbonyl (C=O) groups is 1. The van der Waals surface area contributed by atoms with Gasteiger partial charge in [0.2, 0.25) is 0 Å². The lowest BCUT2D eigenvalue weighted by atomic mass is 10.1. The van der Waals surface area contributed by atoms with Crippen LogP contribution in [0.5, 0.6) is 5.75 Å². The molecule has 0 aliphatic carbocycles. The standard InChI is InChI=1S/C16H21N3O3/c1-5-17-16-19(6-2)15(21)14(22-16)10-11-7-8-12(18(3)4)13(20)9-11/h7-10,20H,5-6H2,1-4H3/b14-10+,17-16?. The van der Waals surface area contributed by atoms with Crippen molar-refractivity contribution in [2.24, 2.45) is 4.99 Å². The molecule has 0 spiro atoms. The van der Waals surface area contributed by atoms with Crippen LogP contribution in [0.1, 0.15) is 19.4 Å². The molecule has 1 fully saturated rings. The van der Waals surface area contributed by atoms with Crippen LogP contribution in [0, 0.1) is 0 Å². The Morgan fingerprint density at radius 2 is 2.09 bits per heavy atom. The van der Waals surface area contributed by atoms with Crippen LogP contribution in [-0.2, 0) is 9.53 Å². The second-order valence-corrected chi connectivity index (χ2v) is 5.06. The average molecular weight is 303 g/mol. The molecule has 1 aliphatic rings. The fourth-order valence-electron chi connectivity index (χ4n) is 2.20. The average Bonchev–Trinajstić information content (AvgIpc) is 2.74.